The van der Waals surface area contributed by atoms with E-state index in [0.717, 1.165) is 44.7 Å². The van der Waals surface area contributed by atoms with Gasteiger partial charge < -0.3 is 16.0 Å². The van der Waals surface area contributed by atoms with Crippen molar-refractivity contribution in [1.29, 1.82) is 0 Å². The van der Waals surface area contributed by atoms with Gasteiger partial charge in [-0.15, -0.1) is 0 Å². The van der Waals surface area contributed by atoms with E-state index in [4.69, 9.17) is 5.73 Å². The van der Waals surface area contributed by atoms with Gasteiger partial charge in [-0.05, 0) is 45.1 Å². The van der Waals surface area contributed by atoms with Crippen LogP contribution >= 0.6 is 0 Å². The fourth-order valence-electron chi connectivity index (χ4n) is 4.15. The number of rotatable bonds is 2. The quantitative estimate of drug-likeness (QED) is 0.790. The van der Waals surface area contributed by atoms with E-state index in [9.17, 15) is 4.79 Å². The van der Waals surface area contributed by atoms with Gasteiger partial charge in [0.25, 0.3) is 0 Å². The van der Waals surface area contributed by atoms with Crippen LogP contribution in [0, 0.1) is 5.92 Å². The third kappa shape index (κ3) is 2.95. The molecule has 0 aromatic carbocycles. The van der Waals surface area contributed by atoms with Crippen molar-refractivity contribution in [1.82, 2.24) is 10.2 Å². The van der Waals surface area contributed by atoms with E-state index < -0.39 is 0 Å². The lowest BCUT2D eigenvalue weighted by molar-refractivity contribution is -0.127. The molecule has 0 aromatic rings. The molecule has 1 saturated carbocycles. The van der Waals surface area contributed by atoms with Gasteiger partial charge in [-0.3, -0.25) is 4.79 Å². The highest BCUT2D eigenvalue weighted by Gasteiger charge is 2.34. The average Bonchev–Trinajstić information content (AvgIpc) is 2.86. The topological polar surface area (TPSA) is 58.4 Å². The molecule has 3 fully saturated rings. The lowest BCUT2D eigenvalue weighted by Crippen LogP contribution is -2.51. The molecule has 1 aliphatic carbocycles. The number of carbonyl (C=O) groups excluding carboxylic acids is 1. The second kappa shape index (κ2) is 5.80. The van der Waals surface area contributed by atoms with Gasteiger partial charge in [0.1, 0.15) is 0 Å². The van der Waals surface area contributed by atoms with Crippen LogP contribution in [0.5, 0.6) is 0 Å². The number of nitrogens with one attached hydrogen (secondary N) is 1. The first kappa shape index (κ1) is 13.4. The van der Waals surface area contributed by atoms with Gasteiger partial charge in [-0.2, -0.15) is 0 Å². The maximum Gasteiger partial charge on any atom is 0.224 e. The van der Waals surface area contributed by atoms with Crippen molar-refractivity contribution in [3.05, 3.63) is 0 Å². The molecule has 2 heterocycles. The molecule has 2 aliphatic heterocycles. The fourth-order valence-corrected chi connectivity index (χ4v) is 4.15. The zero-order valence-electron chi connectivity index (χ0n) is 11.8. The van der Waals surface area contributed by atoms with Crippen molar-refractivity contribution in [2.45, 2.75) is 69.5 Å². The monoisotopic (exact) mass is 265 g/mol. The number of nitrogens with zero attached hydrogens (tertiary/aromatic N) is 1. The highest BCUT2D eigenvalue weighted by molar-refractivity contribution is 5.79. The second-order valence-electron chi connectivity index (χ2n) is 6.62. The molecule has 2 saturated heterocycles. The molecule has 3 aliphatic rings. The van der Waals surface area contributed by atoms with E-state index in [-0.39, 0.29) is 17.9 Å². The predicted molar refractivity (Wildman–Crippen MR) is 75.7 cm³/mol. The SMILES string of the molecule is NC1CCCCC1C(=O)NC1CCN2CCCC2C1. The van der Waals surface area contributed by atoms with Crippen molar-refractivity contribution >= 4 is 5.91 Å². The summed E-state index contributed by atoms with van der Waals surface area (Å²) in [5, 5.41) is 3.29. The third-order valence-corrected chi connectivity index (χ3v) is 5.32. The zero-order chi connectivity index (χ0) is 13.2. The van der Waals surface area contributed by atoms with E-state index in [1.54, 1.807) is 0 Å². The highest BCUT2D eigenvalue weighted by atomic mass is 16.2. The van der Waals surface area contributed by atoms with Gasteiger partial charge in [0.2, 0.25) is 5.91 Å². The Kier molecular flexibility index (Phi) is 4.08. The Hall–Kier alpha value is -0.610. The van der Waals surface area contributed by atoms with Gasteiger partial charge in [0.15, 0.2) is 0 Å². The Morgan fingerprint density at radius 2 is 1.89 bits per heavy atom. The van der Waals surface area contributed by atoms with Crippen molar-refractivity contribution in [3.8, 4) is 0 Å². The maximum atomic E-state index is 12.4. The molecule has 0 spiro atoms. The Labute approximate surface area is 116 Å². The molecule has 0 bridgehead atoms. The molecule has 108 valence electrons. The van der Waals surface area contributed by atoms with E-state index in [1.807, 2.05) is 0 Å². The molecule has 4 heteroatoms. The molecule has 3 rings (SSSR count). The number of fused-ring (bicyclic) bond motifs is 1. The largest absolute Gasteiger partial charge is 0.353 e. The van der Waals surface area contributed by atoms with Gasteiger partial charge in [0.05, 0.1) is 5.92 Å². The molecule has 0 radical (unpaired) electrons. The third-order valence-electron chi connectivity index (χ3n) is 5.32. The van der Waals surface area contributed by atoms with E-state index >= 15 is 0 Å². The van der Waals surface area contributed by atoms with E-state index in [0.29, 0.717) is 6.04 Å². The summed E-state index contributed by atoms with van der Waals surface area (Å²) in [4.78, 5) is 15.0. The Bertz CT molecular complexity index is 333. The zero-order valence-corrected chi connectivity index (χ0v) is 11.8. The van der Waals surface area contributed by atoms with Crippen LogP contribution in [-0.2, 0) is 4.79 Å². The van der Waals surface area contributed by atoms with Gasteiger partial charge >= 0.3 is 0 Å². The summed E-state index contributed by atoms with van der Waals surface area (Å²) in [7, 11) is 0. The standard InChI is InChI=1S/C15H27N3O/c16-14-6-2-1-5-13(14)15(19)17-11-7-9-18-8-3-4-12(18)10-11/h11-14H,1-10,16H2,(H,17,19). The predicted octanol–water partition coefficient (Wildman–Crippen LogP) is 1.25. The van der Waals surface area contributed by atoms with Crippen molar-refractivity contribution in [3.63, 3.8) is 0 Å². The molecule has 0 aromatic heterocycles. The smallest absolute Gasteiger partial charge is 0.224 e. The molecular formula is C15H27N3O. The summed E-state index contributed by atoms with van der Waals surface area (Å²) < 4.78 is 0. The first-order chi connectivity index (χ1) is 9.24. The minimum absolute atomic E-state index is 0.0651. The number of hydrogen-bond donors (Lipinski definition) is 2. The van der Waals surface area contributed by atoms with Crippen LogP contribution in [0.25, 0.3) is 0 Å². The van der Waals surface area contributed by atoms with Crippen molar-refractivity contribution in [2.75, 3.05) is 13.1 Å². The molecule has 1 amide bonds. The molecule has 3 N–H and O–H groups in total. The minimum Gasteiger partial charge on any atom is -0.353 e. The highest BCUT2D eigenvalue weighted by Crippen LogP contribution is 2.28. The molecular weight excluding hydrogens is 238 g/mol. The summed E-state index contributed by atoms with van der Waals surface area (Å²) in [6.45, 7) is 2.42. The van der Waals surface area contributed by atoms with Crippen LogP contribution in [0.2, 0.25) is 0 Å². The summed E-state index contributed by atoms with van der Waals surface area (Å²) in [6, 6.07) is 1.19. The first-order valence-electron chi connectivity index (χ1n) is 8.04. The lowest BCUT2D eigenvalue weighted by atomic mass is 9.84. The Morgan fingerprint density at radius 3 is 2.74 bits per heavy atom. The normalized spacial score (nSPS) is 39.8. The van der Waals surface area contributed by atoms with E-state index in [1.165, 1.54) is 25.8 Å². The number of carbonyl (C=O) groups is 1. The maximum absolute atomic E-state index is 12.4. The summed E-state index contributed by atoms with van der Waals surface area (Å²) >= 11 is 0. The summed E-state index contributed by atoms with van der Waals surface area (Å²) in [5.74, 6) is 0.291. The first-order valence-corrected chi connectivity index (χ1v) is 8.04. The summed E-state index contributed by atoms with van der Waals surface area (Å²) in [6.07, 6.45) is 9.25. The van der Waals surface area contributed by atoms with Crippen LogP contribution in [0.15, 0.2) is 0 Å². The molecule has 4 nitrogen and oxygen atoms in total. The lowest BCUT2D eigenvalue weighted by Gasteiger charge is -2.36. The molecule has 19 heavy (non-hydrogen) atoms. The van der Waals surface area contributed by atoms with Gasteiger partial charge in [-0.25, -0.2) is 0 Å². The molecule has 4 unspecified atom stereocenters. The summed E-state index contributed by atoms with van der Waals surface area (Å²) in [5.41, 5.74) is 6.10. The minimum atomic E-state index is 0.0651. The van der Waals surface area contributed by atoms with Gasteiger partial charge in [-0.1, -0.05) is 12.8 Å². The van der Waals surface area contributed by atoms with Crippen LogP contribution < -0.4 is 11.1 Å². The van der Waals surface area contributed by atoms with Crippen molar-refractivity contribution < 1.29 is 4.79 Å². The Morgan fingerprint density at radius 1 is 1.05 bits per heavy atom. The van der Waals surface area contributed by atoms with Gasteiger partial charge in [0, 0.05) is 24.7 Å². The van der Waals surface area contributed by atoms with E-state index in [2.05, 4.69) is 10.2 Å². The number of nitrogens with two attached hydrogens (primary N) is 1. The molecule has 4 atom stereocenters. The van der Waals surface area contributed by atoms with Crippen LogP contribution in [0.4, 0.5) is 0 Å². The average molecular weight is 265 g/mol. The van der Waals surface area contributed by atoms with Crippen molar-refractivity contribution in [2.24, 2.45) is 11.7 Å². The number of hydrogen-bond acceptors (Lipinski definition) is 3. The fraction of sp³-hybridized carbons (Fsp3) is 0.933. The Balaban J connectivity index is 1.51. The van der Waals surface area contributed by atoms with Crippen LogP contribution in [0.3, 0.4) is 0 Å². The number of piperidine rings is 1. The van der Waals surface area contributed by atoms with Crippen LogP contribution in [0.1, 0.15) is 51.4 Å². The second-order valence-corrected chi connectivity index (χ2v) is 6.62. The number of amides is 1. The van der Waals surface area contributed by atoms with Crippen LogP contribution in [-0.4, -0.2) is 42.0 Å².